The number of sulfonamides is 1. The molecule has 11 heteroatoms. The molecule has 3 aromatic carbocycles. The van der Waals surface area contributed by atoms with Crippen LogP contribution in [0.4, 0.5) is 5.69 Å². The molecule has 2 heterocycles. The number of nitrogens with one attached hydrogen (secondary N) is 3. The Morgan fingerprint density at radius 3 is 2.68 bits per heavy atom. The van der Waals surface area contributed by atoms with E-state index < -0.39 is 22.0 Å². The van der Waals surface area contributed by atoms with Crippen molar-refractivity contribution in [3.8, 4) is 6.07 Å². The van der Waals surface area contributed by atoms with Crippen molar-refractivity contribution in [1.82, 2.24) is 19.9 Å². The first-order valence-corrected chi connectivity index (χ1v) is 13.5. The lowest BCUT2D eigenvalue weighted by Gasteiger charge is -2.17. The number of rotatable bonds is 8. The van der Waals surface area contributed by atoms with Crippen molar-refractivity contribution in [2.45, 2.75) is 17.4 Å². The molecule has 0 aliphatic carbocycles. The monoisotopic (exact) mass is 528 g/mol. The maximum atomic E-state index is 13.5. The van der Waals surface area contributed by atoms with Gasteiger partial charge in [0.25, 0.3) is 5.91 Å². The molecule has 0 aliphatic rings. The number of carbonyl (C=O) groups excluding carboxylic acids is 1. The van der Waals surface area contributed by atoms with E-state index >= 15 is 0 Å². The zero-order valence-corrected chi connectivity index (χ0v) is 20.9. The van der Waals surface area contributed by atoms with E-state index in [2.05, 4.69) is 31.3 Å². The van der Waals surface area contributed by atoms with Crippen LogP contribution in [0.15, 0.2) is 90.0 Å². The van der Waals surface area contributed by atoms with Crippen LogP contribution >= 0.6 is 11.3 Å². The minimum Gasteiger partial charge on any atom is -0.321 e. The number of nitriles is 1. The molecule has 5 rings (SSSR count). The largest absolute Gasteiger partial charge is 0.321 e. The fraction of sp³-hybridized carbons (Fsp3) is 0.0769. The first-order chi connectivity index (χ1) is 17.9. The highest BCUT2D eigenvalue weighted by atomic mass is 32.2. The van der Waals surface area contributed by atoms with Crippen LogP contribution in [-0.2, 0) is 16.4 Å². The van der Waals surface area contributed by atoms with E-state index in [-0.39, 0.29) is 10.6 Å². The van der Waals surface area contributed by atoms with Crippen LogP contribution in [0.2, 0.25) is 0 Å². The molecule has 0 radical (unpaired) electrons. The van der Waals surface area contributed by atoms with Crippen LogP contribution < -0.4 is 10.0 Å². The number of aromatic nitrogens is 3. The molecule has 3 N–H and O–H groups in total. The molecular formula is C26H20N6O3S2. The summed E-state index contributed by atoms with van der Waals surface area (Å²) >= 11 is 1.41. The van der Waals surface area contributed by atoms with Gasteiger partial charge in [0, 0.05) is 11.9 Å². The highest BCUT2D eigenvalue weighted by Gasteiger charge is 2.25. The molecule has 0 fully saturated rings. The number of H-pyrrole nitrogens is 1. The van der Waals surface area contributed by atoms with E-state index in [0.29, 0.717) is 22.7 Å². The lowest BCUT2D eigenvalue weighted by Crippen LogP contribution is -2.30. The maximum absolute atomic E-state index is 13.5. The van der Waals surface area contributed by atoms with Gasteiger partial charge >= 0.3 is 0 Å². The van der Waals surface area contributed by atoms with E-state index in [1.54, 1.807) is 30.3 Å². The summed E-state index contributed by atoms with van der Waals surface area (Å²) in [6.45, 7) is 0. The second-order valence-electron chi connectivity index (χ2n) is 8.16. The number of carbonyl (C=O) groups is 1. The van der Waals surface area contributed by atoms with Crippen molar-refractivity contribution in [1.29, 1.82) is 5.26 Å². The number of thiazole rings is 1. The number of benzene rings is 3. The Balaban J connectivity index is 1.45. The Morgan fingerprint density at radius 1 is 1.05 bits per heavy atom. The fourth-order valence-corrected chi connectivity index (χ4v) is 6.14. The average molecular weight is 529 g/mol. The topological polar surface area (TPSA) is 141 Å². The number of fused-ring (bicyclic) bond motifs is 1. The van der Waals surface area contributed by atoms with Crippen molar-refractivity contribution in [3.05, 3.63) is 107 Å². The molecule has 2 aromatic heterocycles. The Bertz CT molecular complexity index is 1690. The van der Waals surface area contributed by atoms with E-state index in [1.165, 1.54) is 35.7 Å². The molecule has 0 aliphatic heterocycles. The summed E-state index contributed by atoms with van der Waals surface area (Å²) in [5, 5.41) is 18.9. The molecule has 1 amide bonds. The number of nitrogens with zero attached hydrogens (tertiary/aromatic N) is 3. The van der Waals surface area contributed by atoms with Crippen molar-refractivity contribution in [2.75, 3.05) is 5.32 Å². The molecule has 5 aromatic rings. The summed E-state index contributed by atoms with van der Waals surface area (Å²) in [5.74, 6) is -0.440. The highest BCUT2D eigenvalue weighted by molar-refractivity contribution is 7.89. The Hall–Kier alpha value is -4.37. The SMILES string of the molecule is N#Cc1cccc(CC(NS(=O)(=O)c2cccc(NC(=O)c3ccn[nH]3)c2)c2nc3ccccc3s2)c1. The lowest BCUT2D eigenvalue weighted by molar-refractivity contribution is 0.102. The summed E-state index contributed by atoms with van der Waals surface area (Å²) in [4.78, 5) is 17.0. The van der Waals surface area contributed by atoms with Crippen LogP contribution in [0.5, 0.6) is 0 Å². The molecule has 0 saturated heterocycles. The van der Waals surface area contributed by atoms with Gasteiger partial charge in [-0.3, -0.25) is 9.89 Å². The van der Waals surface area contributed by atoms with Gasteiger partial charge in [0.15, 0.2) is 0 Å². The van der Waals surface area contributed by atoms with Gasteiger partial charge in [-0.15, -0.1) is 11.3 Å². The molecule has 0 spiro atoms. The minimum absolute atomic E-state index is 0.00760. The fourth-order valence-electron chi connectivity index (χ4n) is 3.80. The van der Waals surface area contributed by atoms with Gasteiger partial charge in [-0.1, -0.05) is 30.3 Å². The summed E-state index contributed by atoms with van der Waals surface area (Å²) in [7, 11) is -4.01. The Kier molecular flexibility index (Phi) is 6.78. The van der Waals surface area contributed by atoms with Gasteiger partial charge in [0.05, 0.1) is 32.8 Å². The van der Waals surface area contributed by atoms with Crippen molar-refractivity contribution in [3.63, 3.8) is 0 Å². The third-order valence-corrected chi connectivity index (χ3v) is 8.17. The number of aromatic amines is 1. The van der Waals surface area contributed by atoms with E-state index in [4.69, 9.17) is 0 Å². The van der Waals surface area contributed by atoms with Crippen LogP contribution in [-0.4, -0.2) is 29.5 Å². The molecule has 0 bridgehead atoms. The molecule has 184 valence electrons. The van der Waals surface area contributed by atoms with E-state index in [0.717, 1.165) is 15.8 Å². The number of hydrogen-bond acceptors (Lipinski definition) is 7. The normalized spacial score (nSPS) is 12.2. The van der Waals surface area contributed by atoms with Gasteiger partial charge in [0.2, 0.25) is 10.0 Å². The second kappa shape index (κ2) is 10.3. The molecule has 1 unspecified atom stereocenters. The smallest absolute Gasteiger partial charge is 0.273 e. The lowest BCUT2D eigenvalue weighted by atomic mass is 10.0. The van der Waals surface area contributed by atoms with Gasteiger partial charge in [-0.05, 0) is 60.5 Å². The molecule has 0 saturated carbocycles. The number of anilines is 1. The van der Waals surface area contributed by atoms with Gasteiger partial charge in [-0.2, -0.15) is 10.4 Å². The molecule has 1 atom stereocenters. The maximum Gasteiger partial charge on any atom is 0.273 e. The average Bonchev–Trinajstić information content (AvgIpc) is 3.59. The zero-order valence-electron chi connectivity index (χ0n) is 19.3. The first-order valence-electron chi connectivity index (χ1n) is 11.2. The van der Waals surface area contributed by atoms with Gasteiger partial charge in [0.1, 0.15) is 10.7 Å². The van der Waals surface area contributed by atoms with Gasteiger partial charge in [-0.25, -0.2) is 18.1 Å². The van der Waals surface area contributed by atoms with Crippen LogP contribution in [0.3, 0.4) is 0 Å². The standard InChI is InChI=1S/C26H20N6O3S2/c27-16-18-6-3-5-17(13-18)14-23(26-30-21-9-1-2-10-24(21)36-26)32-37(34,35)20-8-4-7-19(15-20)29-25(33)22-11-12-28-31-22/h1-13,15,23,32H,14H2,(H,28,31)(H,29,33). The third-order valence-electron chi connectivity index (χ3n) is 5.55. The van der Waals surface area contributed by atoms with Crippen molar-refractivity contribution in [2.24, 2.45) is 0 Å². The number of para-hydroxylation sites is 1. The van der Waals surface area contributed by atoms with Crippen molar-refractivity contribution >= 4 is 43.2 Å². The van der Waals surface area contributed by atoms with Crippen LogP contribution in [0.25, 0.3) is 10.2 Å². The quantitative estimate of drug-likeness (QED) is 0.273. The minimum atomic E-state index is -4.01. The molecule has 9 nitrogen and oxygen atoms in total. The van der Waals surface area contributed by atoms with Crippen molar-refractivity contribution < 1.29 is 13.2 Å². The number of amides is 1. The summed E-state index contributed by atoms with van der Waals surface area (Å²) in [6, 6.07) is 23.6. The summed E-state index contributed by atoms with van der Waals surface area (Å²) in [5.41, 5.74) is 2.64. The zero-order chi connectivity index (χ0) is 25.8. The second-order valence-corrected chi connectivity index (χ2v) is 10.9. The van der Waals surface area contributed by atoms with Gasteiger partial charge < -0.3 is 5.32 Å². The summed E-state index contributed by atoms with van der Waals surface area (Å²) < 4.78 is 30.7. The predicted octanol–water partition coefficient (Wildman–Crippen LogP) is 4.41. The predicted molar refractivity (Wildman–Crippen MR) is 141 cm³/mol. The van der Waals surface area contributed by atoms with Crippen LogP contribution in [0, 0.1) is 11.3 Å². The van der Waals surface area contributed by atoms with E-state index in [9.17, 15) is 18.5 Å². The highest BCUT2D eigenvalue weighted by Crippen LogP contribution is 2.30. The third kappa shape index (κ3) is 5.57. The summed E-state index contributed by atoms with van der Waals surface area (Å²) in [6.07, 6.45) is 1.75. The Labute approximate surface area is 216 Å². The van der Waals surface area contributed by atoms with E-state index in [1.807, 2.05) is 30.3 Å². The Morgan fingerprint density at radius 2 is 1.89 bits per heavy atom. The molecule has 37 heavy (non-hydrogen) atoms. The number of hydrogen-bond donors (Lipinski definition) is 3. The van der Waals surface area contributed by atoms with Crippen LogP contribution in [0.1, 0.15) is 32.7 Å². The first kappa shape index (κ1) is 24.3. The molecular weight excluding hydrogens is 508 g/mol.